The summed E-state index contributed by atoms with van der Waals surface area (Å²) in [5, 5.41) is 9.06. The molecule has 0 atom stereocenters. The highest BCUT2D eigenvalue weighted by atomic mass is 16.6. The van der Waals surface area contributed by atoms with Crippen LogP contribution in [0.4, 0.5) is 0 Å². The van der Waals surface area contributed by atoms with E-state index in [-0.39, 0.29) is 5.60 Å². The van der Waals surface area contributed by atoms with Crippen molar-refractivity contribution in [1.29, 1.82) is 0 Å². The van der Waals surface area contributed by atoms with Gasteiger partial charge in [0, 0.05) is 0 Å². The Morgan fingerprint density at radius 2 is 1.85 bits per heavy atom. The molecule has 2 heterocycles. The van der Waals surface area contributed by atoms with E-state index in [1.165, 1.54) is 0 Å². The molecule has 0 aromatic carbocycles. The SMILES string of the molecule is CC(C)C12CCC(C(=O)O)(CC1)O2. The first-order valence-corrected chi connectivity index (χ1v) is 4.94. The molecule has 2 aliphatic rings. The Kier molecular flexibility index (Phi) is 1.71. The van der Waals surface area contributed by atoms with Gasteiger partial charge < -0.3 is 9.84 Å². The summed E-state index contributed by atoms with van der Waals surface area (Å²) in [5.74, 6) is -0.344. The molecule has 0 aliphatic carbocycles. The van der Waals surface area contributed by atoms with E-state index in [1.807, 2.05) is 0 Å². The number of aliphatic carboxylic acids is 1. The smallest absolute Gasteiger partial charge is 0.335 e. The van der Waals surface area contributed by atoms with Crippen LogP contribution in [-0.4, -0.2) is 22.3 Å². The maximum atomic E-state index is 11.0. The number of carboxylic acid groups (broad SMARTS) is 1. The standard InChI is InChI=1S/C10H16O3/c1-7(2)9-3-5-10(13-9,6-4-9)8(11)12/h7H,3-6H2,1-2H3,(H,11,12). The Morgan fingerprint density at radius 3 is 2.08 bits per heavy atom. The molecule has 2 bridgehead atoms. The van der Waals surface area contributed by atoms with Gasteiger partial charge in [-0.1, -0.05) is 13.8 Å². The van der Waals surface area contributed by atoms with Crippen molar-refractivity contribution in [1.82, 2.24) is 0 Å². The van der Waals surface area contributed by atoms with E-state index >= 15 is 0 Å². The molecule has 2 saturated heterocycles. The van der Waals surface area contributed by atoms with Gasteiger partial charge in [-0.05, 0) is 31.6 Å². The third-order valence-electron chi connectivity index (χ3n) is 3.74. The molecule has 2 fully saturated rings. The van der Waals surface area contributed by atoms with Gasteiger partial charge in [0.2, 0.25) is 0 Å². The van der Waals surface area contributed by atoms with Gasteiger partial charge in [-0.15, -0.1) is 0 Å². The van der Waals surface area contributed by atoms with Crippen LogP contribution in [-0.2, 0) is 9.53 Å². The van der Waals surface area contributed by atoms with E-state index < -0.39 is 11.6 Å². The first-order valence-electron chi connectivity index (χ1n) is 4.94. The molecule has 0 saturated carbocycles. The molecule has 1 N–H and O–H groups in total. The van der Waals surface area contributed by atoms with Crippen molar-refractivity contribution in [3.8, 4) is 0 Å². The minimum absolute atomic E-state index is 0.127. The van der Waals surface area contributed by atoms with Gasteiger partial charge in [-0.3, -0.25) is 0 Å². The summed E-state index contributed by atoms with van der Waals surface area (Å²) in [6, 6.07) is 0. The second kappa shape index (κ2) is 2.47. The summed E-state index contributed by atoms with van der Waals surface area (Å²) in [4.78, 5) is 11.0. The third-order valence-corrected chi connectivity index (χ3v) is 3.74. The first kappa shape index (κ1) is 9.00. The van der Waals surface area contributed by atoms with E-state index in [4.69, 9.17) is 9.84 Å². The highest BCUT2D eigenvalue weighted by Gasteiger charge is 2.60. The average Bonchev–Trinajstić information content (AvgIpc) is 2.61. The van der Waals surface area contributed by atoms with Crippen molar-refractivity contribution in [2.75, 3.05) is 0 Å². The minimum atomic E-state index is -0.829. The van der Waals surface area contributed by atoms with E-state index in [0.717, 1.165) is 12.8 Å². The number of hydrogen-bond acceptors (Lipinski definition) is 2. The molecule has 2 aliphatic heterocycles. The normalized spacial score (nSPS) is 43.0. The molecule has 0 spiro atoms. The summed E-state index contributed by atoms with van der Waals surface area (Å²) >= 11 is 0. The molecule has 3 nitrogen and oxygen atoms in total. The maximum Gasteiger partial charge on any atom is 0.335 e. The number of carboxylic acids is 1. The molecule has 3 heteroatoms. The Hall–Kier alpha value is -0.570. The van der Waals surface area contributed by atoms with Crippen LogP contribution in [0.25, 0.3) is 0 Å². The molecule has 0 aromatic rings. The molecule has 0 unspecified atom stereocenters. The van der Waals surface area contributed by atoms with E-state index in [9.17, 15) is 4.79 Å². The van der Waals surface area contributed by atoms with E-state index in [2.05, 4.69) is 13.8 Å². The molecular weight excluding hydrogens is 168 g/mol. The minimum Gasteiger partial charge on any atom is -0.479 e. The lowest BCUT2D eigenvalue weighted by molar-refractivity contribution is -0.164. The van der Waals surface area contributed by atoms with Gasteiger partial charge in [0.05, 0.1) is 5.60 Å². The average molecular weight is 184 g/mol. The van der Waals surface area contributed by atoms with Crippen LogP contribution in [0.3, 0.4) is 0 Å². The summed E-state index contributed by atoms with van der Waals surface area (Å²) in [6.45, 7) is 4.23. The Bertz CT molecular complexity index is 237. The highest BCUT2D eigenvalue weighted by molar-refractivity contribution is 5.78. The molecule has 0 aromatic heterocycles. The Labute approximate surface area is 78.1 Å². The summed E-state index contributed by atoms with van der Waals surface area (Å²) < 4.78 is 5.77. The Balaban J connectivity index is 2.24. The number of rotatable bonds is 2. The van der Waals surface area contributed by atoms with Gasteiger partial charge in [0.1, 0.15) is 0 Å². The van der Waals surface area contributed by atoms with Gasteiger partial charge >= 0.3 is 5.97 Å². The molecular formula is C10H16O3. The topological polar surface area (TPSA) is 46.5 Å². The van der Waals surface area contributed by atoms with Crippen LogP contribution in [0.1, 0.15) is 39.5 Å². The summed E-state index contributed by atoms with van der Waals surface area (Å²) in [6.07, 6.45) is 3.22. The zero-order valence-electron chi connectivity index (χ0n) is 8.17. The van der Waals surface area contributed by atoms with Crippen molar-refractivity contribution < 1.29 is 14.6 Å². The number of ether oxygens (including phenoxy) is 1. The van der Waals surface area contributed by atoms with Gasteiger partial charge in [-0.25, -0.2) is 4.79 Å². The Morgan fingerprint density at radius 1 is 1.31 bits per heavy atom. The number of hydrogen-bond donors (Lipinski definition) is 1. The van der Waals surface area contributed by atoms with Gasteiger partial charge in [-0.2, -0.15) is 0 Å². The lowest BCUT2D eigenvalue weighted by Crippen LogP contribution is -2.35. The van der Waals surface area contributed by atoms with Crippen molar-refractivity contribution in [2.45, 2.75) is 50.7 Å². The van der Waals surface area contributed by atoms with Gasteiger partial charge in [0.25, 0.3) is 0 Å². The van der Waals surface area contributed by atoms with Crippen molar-refractivity contribution in [2.24, 2.45) is 5.92 Å². The molecule has 2 rings (SSSR count). The highest BCUT2D eigenvalue weighted by Crippen LogP contribution is 2.54. The predicted molar refractivity (Wildman–Crippen MR) is 47.5 cm³/mol. The molecule has 13 heavy (non-hydrogen) atoms. The third kappa shape index (κ3) is 1.03. The van der Waals surface area contributed by atoms with Crippen molar-refractivity contribution in [3.63, 3.8) is 0 Å². The second-order valence-corrected chi connectivity index (χ2v) is 4.62. The van der Waals surface area contributed by atoms with Crippen LogP contribution in [0.15, 0.2) is 0 Å². The second-order valence-electron chi connectivity index (χ2n) is 4.62. The fourth-order valence-corrected chi connectivity index (χ4v) is 2.62. The quantitative estimate of drug-likeness (QED) is 0.712. The summed E-state index contributed by atoms with van der Waals surface area (Å²) in [5.41, 5.74) is -0.956. The van der Waals surface area contributed by atoms with Crippen LogP contribution in [0.5, 0.6) is 0 Å². The summed E-state index contributed by atoms with van der Waals surface area (Å²) in [7, 11) is 0. The lowest BCUT2D eigenvalue weighted by Gasteiger charge is -2.28. The van der Waals surface area contributed by atoms with Crippen molar-refractivity contribution in [3.05, 3.63) is 0 Å². The van der Waals surface area contributed by atoms with E-state index in [0.29, 0.717) is 18.8 Å². The van der Waals surface area contributed by atoms with Crippen LogP contribution < -0.4 is 0 Å². The molecule has 74 valence electrons. The fourth-order valence-electron chi connectivity index (χ4n) is 2.62. The van der Waals surface area contributed by atoms with E-state index in [1.54, 1.807) is 0 Å². The number of fused-ring (bicyclic) bond motifs is 2. The number of carbonyl (C=O) groups is 1. The maximum absolute atomic E-state index is 11.0. The molecule has 0 amide bonds. The van der Waals surface area contributed by atoms with Crippen molar-refractivity contribution >= 4 is 5.97 Å². The van der Waals surface area contributed by atoms with Crippen LogP contribution in [0, 0.1) is 5.92 Å². The monoisotopic (exact) mass is 184 g/mol. The largest absolute Gasteiger partial charge is 0.479 e. The van der Waals surface area contributed by atoms with Gasteiger partial charge in [0.15, 0.2) is 5.60 Å². The fraction of sp³-hybridized carbons (Fsp3) is 0.900. The zero-order valence-corrected chi connectivity index (χ0v) is 8.17. The first-order chi connectivity index (χ1) is 6.01. The van der Waals surface area contributed by atoms with Crippen LogP contribution >= 0.6 is 0 Å². The predicted octanol–water partition coefficient (Wildman–Crippen LogP) is 1.81. The molecule has 0 radical (unpaired) electrons. The van der Waals surface area contributed by atoms with Crippen LogP contribution in [0.2, 0.25) is 0 Å². The zero-order chi connectivity index (χ0) is 9.69. The lowest BCUT2D eigenvalue weighted by atomic mass is 9.77.